The predicted octanol–water partition coefficient (Wildman–Crippen LogP) is -2.33. The van der Waals surface area contributed by atoms with Crippen molar-refractivity contribution in [2.45, 2.75) is 176 Å². The van der Waals surface area contributed by atoms with E-state index in [0.29, 0.717) is 59.7 Å². The van der Waals surface area contributed by atoms with Crippen molar-refractivity contribution in [1.29, 1.82) is 0 Å². The standard InChI is InChI=1S/C70H96N18O16S2/c1-38-9-6-10-40(31-38)33-50-64(99)80-46(15-7-28-77-70(74)75)61(96)76-29-26-56(91)79-47(21-23-55(72)90)62(97)82-51(34-42-35-78-45-14-5-4-13-44(42)45)66(101)81-48(22-24-58(93)94)63(98)85-52(60(73)95)36-105-106-37-53(67(102)87-59(69(104)84-50)41-11-2-3-12-41)86-65(100)49(32-39-17-19-43(89)20-18-39)83-68(103)54-16-8-30-88(54)57(92)25-27-71/h4-6,9-10,13-14,17-20,31,35,41,46-54,59,78,89H,2-3,7-8,11-12,15-16,21-30,32-34,36-37,71H2,1H3,(H2,72,90)(H2,73,95)(H,76,96)(H,79,91)(H,80,99)(H,81,101)(H,82,97)(H,83,103)(H,84,104)(H,85,98)(H,86,100)(H,87,102)(H,93,94)(H4,74,75,77)/t46-,47-,48-,49-,50+,51-,52+,53-,54-,59-/m0/s1. The number of carboxylic acid groups (broad SMARTS) is 1. The average Bonchev–Trinajstić information content (AvgIpc) is 1.63. The first kappa shape index (κ1) is 82.8. The largest absolute Gasteiger partial charge is 0.508 e. The number of phenolic OH excluding ortho intramolecular Hbond substituents is 1. The number of carbonyl (C=O) groups is 14. The second-order valence-electron chi connectivity index (χ2n) is 26.4. The summed E-state index contributed by atoms with van der Waals surface area (Å²) in [5.41, 5.74) is 31.3. The van der Waals surface area contributed by atoms with Gasteiger partial charge in [-0.15, -0.1) is 0 Å². The number of amides is 13. The number of phenols is 1. The lowest BCUT2D eigenvalue weighted by Crippen LogP contribution is -2.61. The predicted molar refractivity (Wildman–Crippen MR) is 393 cm³/mol. The first-order chi connectivity index (χ1) is 50.7. The molecule has 2 saturated heterocycles. The molecule has 574 valence electrons. The van der Waals surface area contributed by atoms with Gasteiger partial charge >= 0.3 is 5.97 Å². The van der Waals surface area contributed by atoms with E-state index in [1.807, 2.05) is 13.0 Å². The van der Waals surface area contributed by atoms with Gasteiger partial charge in [0, 0.05) is 99.7 Å². The third-order valence-electron chi connectivity index (χ3n) is 18.3. The highest BCUT2D eigenvalue weighted by Crippen LogP contribution is 2.30. The van der Waals surface area contributed by atoms with Crippen molar-refractivity contribution in [3.63, 3.8) is 0 Å². The molecular weight excluding hydrogens is 1410 g/mol. The number of aliphatic imine (C=N–C) groups is 1. The highest BCUT2D eigenvalue weighted by molar-refractivity contribution is 8.76. The Labute approximate surface area is 619 Å². The van der Waals surface area contributed by atoms with Crippen LogP contribution in [-0.4, -0.2) is 207 Å². The first-order valence-corrected chi connectivity index (χ1v) is 37.6. The molecule has 7 rings (SSSR count). The summed E-state index contributed by atoms with van der Waals surface area (Å²) in [4.78, 5) is 206. The molecule has 106 heavy (non-hydrogen) atoms. The van der Waals surface area contributed by atoms with Crippen LogP contribution in [0.4, 0.5) is 0 Å². The third kappa shape index (κ3) is 26.0. The molecular formula is C70H96N18O16S2. The fourth-order valence-corrected chi connectivity index (χ4v) is 15.0. The maximum atomic E-state index is 15.3. The molecule has 1 aromatic heterocycles. The van der Waals surface area contributed by atoms with E-state index in [0.717, 1.165) is 27.2 Å². The lowest BCUT2D eigenvalue weighted by atomic mass is 9.95. The summed E-state index contributed by atoms with van der Waals surface area (Å²) in [5.74, 6) is -14.4. The zero-order valence-corrected chi connectivity index (χ0v) is 60.5. The van der Waals surface area contributed by atoms with Gasteiger partial charge in [0.25, 0.3) is 0 Å². The highest BCUT2D eigenvalue weighted by atomic mass is 33.1. The van der Waals surface area contributed by atoms with Crippen molar-refractivity contribution >= 4 is 121 Å². The number of H-pyrrole nitrogens is 1. The molecule has 36 heteroatoms. The number of para-hydroxylation sites is 1. The maximum absolute atomic E-state index is 15.3. The van der Waals surface area contributed by atoms with Crippen LogP contribution in [0.15, 0.2) is 84.0 Å². The number of primary amides is 2. The van der Waals surface area contributed by atoms with Gasteiger partial charge in [-0.1, -0.05) is 94.6 Å². The Balaban J connectivity index is 1.28. The number of likely N-dealkylation sites (tertiary alicyclic amines) is 1. The van der Waals surface area contributed by atoms with Crippen molar-refractivity contribution in [2.75, 3.05) is 37.7 Å². The number of aryl methyl sites for hydroxylation is 1. The van der Waals surface area contributed by atoms with Gasteiger partial charge in [0.2, 0.25) is 76.8 Å². The number of aliphatic carboxylic acids is 1. The summed E-state index contributed by atoms with van der Waals surface area (Å²) in [6.45, 7) is 1.68. The van der Waals surface area contributed by atoms with E-state index >= 15 is 14.4 Å². The normalized spacial score (nSPS) is 22.8. The number of nitrogens with two attached hydrogens (primary N) is 5. The lowest BCUT2D eigenvalue weighted by molar-refractivity contribution is -0.139. The Morgan fingerprint density at radius 2 is 1.30 bits per heavy atom. The number of aromatic hydroxyl groups is 1. The fourth-order valence-electron chi connectivity index (χ4n) is 12.7. The van der Waals surface area contributed by atoms with Crippen LogP contribution in [0.3, 0.4) is 0 Å². The molecule has 0 unspecified atom stereocenters. The summed E-state index contributed by atoms with van der Waals surface area (Å²) in [5, 5.41) is 47.4. The number of carboxylic acids is 1. The topological polar surface area (TPSA) is 561 Å². The van der Waals surface area contributed by atoms with Crippen LogP contribution in [0.25, 0.3) is 10.9 Å². The number of carbonyl (C=O) groups excluding carboxylic acids is 13. The quantitative estimate of drug-likeness (QED) is 0.0151. The minimum absolute atomic E-state index is 0.00748. The van der Waals surface area contributed by atoms with Gasteiger partial charge in [-0.2, -0.15) is 0 Å². The Bertz CT molecular complexity index is 3830. The molecule has 13 amide bonds. The van der Waals surface area contributed by atoms with E-state index in [4.69, 9.17) is 28.7 Å². The lowest BCUT2D eigenvalue weighted by Gasteiger charge is -2.30. The van der Waals surface area contributed by atoms with Crippen molar-refractivity contribution in [3.8, 4) is 5.75 Å². The number of aromatic nitrogens is 1. The molecule has 4 aromatic rings. The molecule has 34 nitrogen and oxygen atoms in total. The number of fused-ring (bicyclic) bond motifs is 1. The second kappa shape index (κ2) is 41.3. The van der Waals surface area contributed by atoms with E-state index in [9.17, 15) is 63.0 Å². The molecule has 0 radical (unpaired) electrons. The third-order valence-corrected chi connectivity index (χ3v) is 20.7. The van der Waals surface area contributed by atoms with Crippen molar-refractivity contribution < 1.29 is 77.3 Å². The number of nitrogens with zero attached hydrogens (tertiary/aromatic N) is 2. The van der Waals surface area contributed by atoms with Crippen LogP contribution in [0.5, 0.6) is 5.75 Å². The van der Waals surface area contributed by atoms with E-state index in [-0.39, 0.29) is 93.7 Å². The summed E-state index contributed by atoms with van der Waals surface area (Å²) in [6.07, 6.45) is 1.10. The molecule has 1 saturated carbocycles. The number of aromatic amines is 1. The number of rotatable bonds is 24. The van der Waals surface area contributed by atoms with Crippen LogP contribution in [0.1, 0.15) is 112 Å². The van der Waals surface area contributed by atoms with Crippen molar-refractivity contribution in [2.24, 2.45) is 39.6 Å². The Morgan fingerprint density at radius 1 is 0.660 bits per heavy atom. The van der Waals surface area contributed by atoms with Gasteiger partial charge in [0.1, 0.15) is 66.2 Å². The smallest absolute Gasteiger partial charge is 0.303 e. The maximum Gasteiger partial charge on any atom is 0.303 e. The average molecular weight is 1510 g/mol. The molecule has 1 aliphatic carbocycles. The van der Waals surface area contributed by atoms with Gasteiger partial charge in [-0.25, -0.2) is 0 Å². The molecule has 2 aliphatic heterocycles. The van der Waals surface area contributed by atoms with Gasteiger partial charge in [0.05, 0.1) is 0 Å². The highest BCUT2D eigenvalue weighted by Gasteiger charge is 2.40. The molecule has 3 fully saturated rings. The molecule has 3 aromatic carbocycles. The van der Waals surface area contributed by atoms with E-state index in [2.05, 4.69) is 63.1 Å². The van der Waals surface area contributed by atoms with Gasteiger partial charge in [-0.3, -0.25) is 72.1 Å². The zero-order valence-electron chi connectivity index (χ0n) is 58.8. The fraction of sp³-hybridized carbons (Fsp3) is 0.500. The summed E-state index contributed by atoms with van der Waals surface area (Å²) >= 11 is 0. The Hall–Kier alpha value is -10.5. The van der Waals surface area contributed by atoms with Crippen LogP contribution >= 0.6 is 21.6 Å². The number of benzene rings is 3. The number of guanidine groups is 1. The summed E-state index contributed by atoms with van der Waals surface area (Å²) in [7, 11) is 1.77. The minimum Gasteiger partial charge on any atom is -0.508 e. The van der Waals surface area contributed by atoms with Crippen molar-refractivity contribution in [3.05, 3.63) is 101 Å². The monoisotopic (exact) mass is 1510 g/mol. The van der Waals surface area contributed by atoms with E-state index < -0.39 is 182 Å². The minimum atomic E-state index is -1.73. The molecule has 0 bridgehead atoms. The van der Waals surface area contributed by atoms with Crippen LogP contribution < -0.4 is 81.8 Å². The van der Waals surface area contributed by atoms with Crippen LogP contribution in [0, 0.1) is 12.8 Å². The number of hydrogen-bond acceptors (Lipinski definition) is 19. The summed E-state index contributed by atoms with van der Waals surface area (Å²) in [6, 6.07) is 4.99. The number of nitrogens with one attached hydrogen (secondary N) is 11. The van der Waals surface area contributed by atoms with E-state index in [1.54, 1.807) is 48.7 Å². The zero-order chi connectivity index (χ0) is 77.0. The summed E-state index contributed by atoms with van der Waals surface area (Å²) < 4.78 is 0. The Morgan fingerprint density at radius 3 is 1.98 bits per heavy atom. The SMILES string of the molecule is Cc1cccc(C[C@H]2NC(=O)[C@H](C3CCCC3)NC(=O)[C@@H](NC(=O)[C@H](Cc3ccc(O)cc3)NC(=O)[C@@H]3CCCN3C(=O)CCN)CSSC[C@H](C(N)=O)NC(=O)[C@H](CCC(=O)O)NC(=O)[C@H](Cc3c[nH]c4ccccc34)NC(=O)[C@H](CCC(N)=O)NC(=O)CCNC(=O)[C@H](CCCN=C(N)N)NC2=O)c1. The van der Waals surface area contributed by atoms with Gasteiger partial charge in [0.15, 0.2) is 5.96 Å². The van der Waals surface area contributed by atoms with Crippen LogP contribution in [0.2, 0.25) is 0 Å². The first-order valence-electron chi connectivity index (χ1n) is 35.1. The molecule has 23 N–H and O–H groups in total. The molecule has 3 aliphatic rings. The van der Waals surface area contributed by atoms with Crippen LogP contribution in [-0.2, 0) is 86.4 Å². The van der Waals surface area contributed by atoms with Gasteiger partial charge < -0.3 is 102 Å². The molecule has 0 spiro atoms. The number of hydrogen-bond donors (Lipinski definition) is 18. The second-order valence-corrected chi connectivity index (χ2v) is 28.9. The molecule has 10 atom stereocenters. The Kier molecular flexibility index (Phi) is 32.2. The van der Waals surface area contributed by atoms with Crippen molar-refractivity contribution in [1.82, 2.24) is 63.1 Å². The van der Waals surface area contributed by atoms with E-state index in [1.165, 1.54) is 29.2 Å². The molecule has 3 heterocycles. The van der Waals surface area contributed by atoms with Gasteiger partial charge in [-0.05, 0) is 99.1 Å².